The second kappa shape index (κ2) is 11.9. The van der Waals surface area contributed by atoms with Crippen LogP contribution in [0.2, 0.25) is 0 Å². The molecule has 1 saturated heterocycles. The number of aliphatic imine (C=N–C) groups is 1. The van der Waals surface area contributed by atoms with E-state index in [-0.39, 0.29) is 12.3 Å². The highest BCUT2D eigenvalue weighted by Gasteiger charge is 2.32. The van der Waals surface area contributed by atoms with Gasteiger partial charge in [0.05, 0.1) is 17.0 Å². The van der Waals surface area contributed by atoms with E-state index in [0.29, 0.717) is 40.4 Å². The zero-order valence-electron chi connectivity index (χ0n) is 21.2. The van der Waals surface area contributed by atoms with Gasteiger partial charge in [-0.05, 0) is 77.2 Å². The summed E-state index contributed by atoms with van der Waals surface area (Å²) >= 11 is 1.33. The van der Waals surface area contributed by atoms with Crippen LogP contribution in [0, 0.1) is 0 Å². The van der Waals surface area contributed by atoms with Gasteiger partial charge in [0.2, 0.25) is 0 Å². The van der Waals surface area contributed by atoms with Crippen molar-refractivity contribution in [1.82, 2.24) is 4.90 Å². The van der Waals surface area contributed by atoms with Crippen LogP contribution in [0.3, 0.4) is 0 Å². The first-order valence-corrected chi connectivity index (χ1v) is 13.1. The number of benzene rings is 3. The van der Waals surface area contributed by atoms with Gasteiger partial charge >= 0.3 is 5.97 Å². The Kier molecular flexibility index (Phi) is 8.46. The summed E-state index contributed by atoms with van der Waals surface area (Å²) in [5, 5.41) is 9.54. The van der Waals surface area contributed by atoms with E-state index >= 15 is 0 Å². The molecule has 3 aromatic rings. The zero-order chi connectivity index (χ0) is 26.4. The SMILES string of the molecule is CCN1C(=O)/C(=C/c2ccc(OCc3ccc(C(C)C)cc3)cc2)SC1=Nc1ccc(CC(=O)O)cc1. The summed E-state index contributed by atoms with van der Waals surface area (Å²) in [6.07, 6.45) is 1.83. The van der Waals surface area contributed by atoms with Crippen LogP contribution in [-0.2, 0) is 22.6 Å². The van der Waals surface area contributed by atoms with Crippen LogP contribution in [0.5, 0.6) is 5.75 Å². The van der Waals surface area contributed by atoms with Crippen molar-refractivity contribution in [2.45, 2.75) is 39.7 Å². The molecule has 0 saturated carbocycles. The van der Waals surface area contributed by atoms with Crippen molar-refractivity contribution in [3.63, 3.8) is 0 Å². The Balaban J connectivity index is 1.42. The first-order valence-electron chi connectivity index (χ1n) is 12.2. The maximum atomic E-state index is 13.0. The molecular weight excluding hydrogens is 484 g/mol. The standard InChI is InChI=1S/C30H30N2O4S/c1-4-32-29(35)27(37-30(32)31-25-13-7-22(8-14-25)18-28(33)34)17-21-9-15-26(16-10-21)36-19-23-5-11-24(12-6-23)20(2)3/h5-17,20H,4,18-19H2,1-3H3,(H,33,34)/b27-17-,31-30?. The average Bonchev–Trinajstić information content (AvgIpc) is 3.18. The van der Waals surface area contributed by atoms with E-state index in [1.165, 1.54) is 17.3 Å². The predicted molar refractivity (Wildman–Crippen MR) is 149 cm³/mol. The third kappa shape index (κ3) is 6.89. The molecule has 4 rings (SSSR count). The normalized spacial score (nSPS) is 15.7. The van der Waals surface area contributed by atoms with Crippen LogP contribution < -0.4 is 4.74 Å². The fourth-order valence-corrected chi connectivity index (χ4v) is 4.88. The van der Waals surface area contributed by atoms with Gasteiger partial charge in [0.25, 0.3) is 5.91 Å². The maximum absolute atomic E-state index is 13.0. The molecule has 7 heteroatoms. The van der Waals surface area contributed by atoms with Gasteiger partial charge in [0, 0.05) is 6.54 Å². The van der Waals surface area contributed by atoms with Crippen LogP contribution in [0.4, 0.5) is 5.69 Å². The lowest BCUT2D eigenvalue weighted by Crippen LogP contribution is -2.28. The fourth-order valence-electron chi connectivity index (χ4n) is 3.82. The Bertz CT molecular complexity index is 1310. The summed E-state index contributed by atoms with van der Waals surface area (Å²) in [4.78, 5) is 30.7. The van der Waals surface area contributed by atoms with Gasteiger partial charge in [0.15, 0.2) is 5.17 Å². The van der Waals surface area contributed by atoms with Crippen molar-refractivity contribution >= 4 is 40.6 Å². The summed E-state index contributed by atoms with van der Waals surface area (Å²) in [5.74, 6) is 0.312. The number of ether oxygens (including phenoxy) is 1. The van der Waals surface area contributed by atoms with Crippen LogP contribution >= 0.6 is 11.8 Å². The molecule has 190 valence electrons. The Morgan fingerprint density at radius 3 is 2.24 bits per heavy atom. The quantitative estimate of drug-likeness (QED) is 0.324. The molecule has 1 amide bonds. The average molecular weight is 515 g/mol. The highest BCUT2D eigenvalue weighted by molar-refractivity contribution is 8.18. The summed E-state index contributed by atoms with van der Waals surface area (Å²) in [6.45, 7) is 7.27. The number of aliphatic carboxylic acids is 1. The van der Waals surface area contributed by atoms with Gasteiger partial charge in [-0.3, -0.25) is 14.5 Å². The molecule has 37 heavy (non-hydrogen) atoms. The van der Waals surface area contributed by atoms with E-state index in [4.69, 9.17) is 9.84 Å². The van der Waals surface area contributed by atoms with Crippen molar-refractivity contribution in [3.8, 4) is 5.75 Å². The lowest BCUT2D eigenvalue weighted by molar-refractivity contribution is -0.136. The van der Waals surface area contributed by atoms with Gasteiger partial charge in [-0.15, -0.1) is 0 Å². The maximum Gasteiger partial charge on any atom is 0.307 e. The van der Waals surface area contributed by atoms with Gasteiger partial charge in [-0.1, -0.05) is 62.4 Å². The lowest BCUT2D eigenvalue weighted by Gasteiger charge is -2.12. The number of carbonyl (C=O) groups excluding carboxylic acids is 1. The van der Waals surface area contributed by atoms with Crippen molar-refractivity contribution < 1.29 is 19.4 Å². The molecular formula is C30H30N2O4S. The molecule has 1 aliphatic heterocycles. The number of nitrogens with zero attached hydrogens (tertiary/aromatic N) is 2. The number of carboxylic acid groups (broad SMARTS) is 1. The summed E-state index contributed by atoms with van der Waals surface area (Å²) in [5.41, 5.74) is 4.70. The second-order valence-corrected chi connectivity index (χ2v) is 10.1. The number of hydrogen-bond donors (Lipinski definition) is 1. The molecule has 0 atom stereocenters. The van der Waals surface area contributed by atoms with Crippen LogP contribution in [0.1, 0.15) is 48.9 Å². The number of amides is 1. The molecule has 6 nitrogen and oxygen atoms in total. The van der Waals surface area contributed by atoms with Crippen molar-refractivity contribution in [2.75, 3.05) is 6.54 Å². The molecule has 0 aliphatic carbocycles. The van der Waals surface area contributed by atoms with Gasteiger partial charge < -0.3 is 9.84 Å². The number of amidine groups is 1. The zero-order valence-corrected chi connectivity index (χ0v) is 22.0. The molecule has 1 heterocycles. The van der Waals surface area contributed by atoms with E-state index < -0.39 is 5.97 Å². The molecule has 0 spiro atoms. The highest BCUT2D eigenvalue weighted by Crippen LogP contribution is 2.34. The topological polar surface area (TPSA) is 79.2 Å². The predicted octanol–water partition coefficient (Wildman–Crippen LogP) is 6.64. The molecule has 1 N–H and O–H groups in total. The van der Waals surface area contributed by atoms with E-state index in [0.717, 1.165) is 16.9 Å². The first kappa shape index (κ1) is 26.2. The number of rotatable bonds is 9. The molecule has 3 aromatic carbocycles. The van der Waals surface area contributed by atoms with Crippen molar-refractivity contribution in [1.29, 1.82) is 0 Å². The molecule has 0 bridgehead atoms. The Morgan fingerprint density at radius 2 is 1.65 bits per heavy atom. The van der Waals surface area contributed by atoms with Crippen LogP contribution in [0.25, 0.3) is 6.08 Å². The van der Waals surface area contributed by atoms with Crippen molar-refractivity contribution in [2.24, 2.45) is 4.99 Å². The van der Waals surface area contributed by atoms with Gasteiger partial charge in [0.1, 0.15) is 12.4 Å². The van der Waals surface area contributed by atoms with Gasteiger partial charge in [-0.2, -0.15) is 0 Å². The number of thioether (sulfide) groups is 1. The Labute approximate surface area is 221 Å². The van der Waals surface area contributed by atoms with Crippen LogP contribution in [-0.4, -0.2) is 33.6 Å². The number of likely N-dealkylation sites (N-methyl/N-ethyl adjacent to an activating group) is 1. The largest absolute Gasteiger partial charge is 0.489 e. The minimum absolute atomic E-state index is 0.0344. The van der Waals surface area contributed by atoms with E-state index in [2.05, 4.69) is 43.1 Å². The minimum Gasteiger partial charge on any atom is -0.489 e. The molecule has 0 radical (unpaired) electrons. The second-order valence-electron chi connectivity index (χ2n) is 9.05. The number of hydrogen-bond acceptors (Lipinski definition) is 5. The number of carbonyl (C=O) groups is 2. The lowest BCUT2D eigenvalue weighted by atomic mass is 10.0. The first-order chi connectivity index (χ1) is 17.8. The highest BCUT2D eigenvalue weighted by atomic mass is 32.2. The fraction of sp³-hybridized carbons (Fsp3) is 0.233. The third-order valence-corrected chi connectivity index (χ3v) is 6.96. The monoisotopic (exact) mass is 514 g/mol. The minimum atomic E-state index is -0.876. The summed E-state index contributed by atoms with van der Waals surface area (Å²) < 4.78 is 5.93. The smallest absolute Gasteiger partial charge is 0.307 e. The Morgan fingerprint density at radius 1 is 1.00 bits per heavy atom. The molecule has 1 fully saturated rings. The summed E-state index contributed by atoms with van der Waals surface area (Å²) in [7, 11) is 0. The van der Waals surface area contributed by atoms with Crippen molar-refractivity contribution in [3.05, 3.63) is 100.0 Å². The molecule has 0 aromatic heterocycles. The van der Waals surface area contributed by atoms with E-state index in [1.807, 2.05) is 37.3 Å². The number of carboxylic acids is 1. The van der Waals surface area contributed by atoms with Crippen LogP contribution in [0.15, 0.2) is 82.7 Å². The Hall–Kier alpha value is -3.84. The third-order valence-electron chi connectivity index (χ3n) is 5.95. The summed E-state index contributed by atoms with van der Waals surface area (Å²) in [6, 6.07) is 23.2. The van der Waals surface area contributed by atoms with Gasteiger partial charge in [-0.25, -0.2) is 4.99 Å². The van der Waals surface area contributed by atoms with E-state index in [9.17, 15) is 9.59 Å². The molecule has 0 unspecified atom stereocenters. The van der Waals surface area contributed by atoms with E-state index in [1.54, 1.807) is 29.2 Å². The molecule has 1 aliphatic rings.